The van der Waals surface area contributed by atoms with Crippen molar-refractivity contribution in [3.05, 3.63) is 11.9 Å². The molecule has 0 aromatic carbocycles. The number of hydrogen-bond donors (Lipinski definition) is 2. The van der Waals surface area contributed by atoms with Crippen LogP contribution in [0.3, 0.4) is 0 Å². The van der Waals surface area contributed by atoms with Crippen LogP contribution in [0.25, 0.3) is 0 Å². The van der Waals surface area contributed by atoms with Crippen molar-refractivity contribution in [2.24, 2.45) is 0 Å². The molecule has 1 aromatic rings. The van der Waals surface area contributed by atoms with Gasteiger partial charge >= 0.3 is 0 Å². The fourth-order valence-corrected chi connectivity index (χ4v) is 0.454. The number of aromatic hydroxyl groups is 1. The van der Waals surface area contributed by atoms with Crippen LogP contribution >= 0.6 is 0 Å². The molecule has 1 heterocycles. The first-order valence-corrected chi connectivity index (χ1v) is 2.48. The molecule has 4 heteroatoms. The predicted molar refractivity (Wildman–Crippen MR) is 32.8 cm³/mol. The first-order chi connectivity index (χ1) is 4.22. The lowest BCUT2D eigenvalue weighted by atomic mass is 10.3. The highest BCUT2D eigenvalue weighted by Gasteiger charge is 1.98. The highest BCUT2D eigenvalue weighted by atomic mass is 16.3. The summed E-state index contributed by atoms with van der Waals surface area (Å²) in [5.41, 5.74) is 5.84. The van der Waals surface area contributed by atoms with E-state index in [0.717, 1.165) is 0 Å². The average molecular weight is 125 g/mol. The molecule has 0 aliphatic carbocycles. The summed E-state index contributed by atoms with van der Waals surface area (Å²) in [6.07, 6.45) is 1.22. The zero-order valence-corrected chi connectivity index (χ0v) is 5.00. The van der Waals surface area contributed by atoms with Crippen molar-refractivity contribution >= 4 is 5.82 Å². The van der Waals surface area contributed by atoms with Crippen molar-refractivity contribution in [2.45, 2.75) is 6.92 Å². The van der Waals surface area contributed by atoms with Gasteiger partial charge in [0.1, 0.15) is 12.1 Å². The first kappa shape index (κ1) is 5.81. The molecule has 0 bridgehead atoms. The Kier molecular flexibility index (Phi) is 1.22. The molecule has 0 saturated carbocycles. The maximum absolute atomic E-state index is 8.87. The van der Waals surface area contributed by atoms with Gasteiger partial charge in [-0.25, -0.2) is 9.97 Å². The van der Waals surface area contributed by atoms with Gasteiger partial charge in [0.25, 0.3) is 0 Å². The summed E-state index contributed by atoms with van der Waals surface area (Å²) < 4.78 is 0. The van der Waals surface area contributed by atoms with E-state index in [4.69, 9.17) is 10.8 Å². The van der Waals surface area contributed by atoms with Gasteiger partial charge in [-0.1, -0.05) is 0 Å². The van der Waals surface area contributed by atoms with Gasteiger partial charge in [0, 0.05) is 0 Å². The van der Waals surface area contributed by atoms with Crippen LogP contribution in [0.15, 0.2) is 6.33 Å². The van der Waals surface area contributed by atoms with Crippen LogP contribution < -0.4 is 5.73 Å². The van der Waals surface area contributed by atoms with Gasteiger partial charge in [-0.15, -0.1) is 0 Å². The lowest BCUT2D eigenvalue weighted by molar-refractivity contribution is 0.448. The first-order valence-electron chi connectivity index (χ1n) is 2.48. The van der Waals surface area contributed by atoms with E-state index in [9.17, 15) is 0 Å². The Morgan fingerprint density at radius 2 is 2.22 bits per heavy atom. The maximum atomic E-state index is 8.87. The molecule has 4 nitrogen and oxygen atoms in total. The number of nitrogens with two attached hydrogens (primary N) is 1. The Hall–Kier alpha value is -1.32. The second kappa shape index (κ2) is 1.89. The molecule has 1 aromatic heterocycles. The largest absolute Gasteiger partial charge is 0.493 e. The Morgan fingerprint density at radius 3 is 2.67 bits per heavy atom. The van der Waals surface area contributed by atoms with Crippen LogP contribution in [0.4, 0.5) is 5.82 Å². The fraction of sp³-hybridized carbons (Fsp3) is 0.200. The van der Waals surface area contributed by atoms with Gasteiger partial charge in [-0.2, -0.15) is 0 Å². The van der Waals surface area contributed by atoms with Crippen molar-refractivity contribution in [1.29, 1.82) is 0 Å². The minimum atomic E-state index is -0.0532. The molecule has 0 aliphatic heterocycles. The summed E-state index contributed by atoms with van der Waals surface area (Å²) in [7, 11) is 0. The Morgan fingerprint density at radius 1 is 1.56 bits per heavy atom. The predicted octanol–water partition coefficient (Wildman–Crippen LogP) is 0.0728. The van der Waals surface area contributed by atoms with Gasteiger partial charge in [0.15, 0.2) is 0 Å². The summed E-state index contributed by atoms with van der Waals surface area (Å²) in [5.74, 6) is 0.269. The lowest BCUT2D eigenvalue weighted by Crippen LogP contribution is -1.94. The van der Waals surface area contributed by atoms with E-state index in [1.54, 1.807) is 6.92 Å². The van der Waals surface area contributed by atoms with E-state index in [2.05, 4.69) is 9.97 Å². The average Bonchev–Trinajstić information content (AvgIpc) is 1.83. The van der Waals surface area contributed by atoms with E-state index >= 15 is 0 Å². The third kappa shape index (κ3) is 0.910. The minimum absolute atomic E-state index is 0.0532. The third-order valence-electron chi connectivity index (χ3n) is 1.10. The van der Waals surface area contributed by atoms with Crippen LogP contribution in [0.1, 0.15) is 5.56 Å². The normalized spacial score (nSPS) is 9.44. The smallest absolute Gasteiger partial charge is 0.218 e. The van der Waals surface area contributed by atoms with E-state index in [1.807, 2.05) is 0 Å². The maximum Gasteiger partial charge on any atom is 0.218 e. The molecule has 0 unspecified atom stereocenters. The topological polar surface area (TPSA) is 72.0 Å². The molecular formula is C5H7N3O. The van der Waals surface area contributed by atoms with E-state index in [1.165, 1.54) is 6.33 Å². The Bertz CT molecular complexity index is 203. The Labute approximate surface area is 52.4 Å². The molecule has 0 aliphatic rings. The van der Waals surface area contributed by atoms with Crippen LogP contribution in [-0.4, -0.2) is 15.1 Å². The number of nitrogen functional groups attached to an aromatic ring is 1. The summed E-state index contributed by atoms with van der Waals surface area (Å²) in [6, 6.07) is 0. The number of aromatic nitrogens is 2. The number of anilines is 1. The number of nitrogens with zero attached hydrogens (tertiary/aromatic N) is 2. The summed E-state index contributed by atoms with van der Waals surface area (Å²) >= 11 is 0. The van der Waals surface area contributed by atoms with Gasteiger partial charge in [0.2, 0.25) is 5.88 Å². The molecule has 3 N–H and O–H groups in total. The van der Waals surface area contributed by atoms with Crippen molar-refractivity contribution in [1.82, 2.24) is 9.97 Å². The van der Waals surface area contributed by atoms with Gasteiger partial charge < -0.3 is 10.8 Å². The summed E-state index contributed by atoms with van der Waals surface area (Å²) in [5, 5.41) is 8.87. The van der Waals surface area contributed by atoms with Crippen LogP contribution in [0, 0.1) is 6.92 Å². The molecule has 0 amide bonds. The highest BCUT2D eigenvalue weighted by Crippen LogP contribution is 2.14. The molecule has 0 fully saturated rings. The molecular weight excluding hydrogens is 118 g/mol. The molecule has 0 atom stereocenters. The quantitative estimate of drug-likeness (QED) is 0.514. The molecule has 0 saturated heterocycles. The third-order valence-corrected chi connectivity index (χ3v) is 1.10. The summed E-state index contributed by atoms with van der Waals surface area (Å²) in [4.78, 5) is 7.15. The Balaban J connectivity index is 3.25. The van der Waals surface area contributed by atoms with Gasteiger partial charge in [-0.05, 0) is 6.92 Å². The van der Waals surface area contributed by atoms with E-state index in [-0.39, 0.29) is 5.88 Å². The minimum Gasteiger partial charge on any atom is -0.493 e. The van der Waals surface area contributed by atoms with Crippen molar-refractivity contribution in [3.63, 3.8) is 0 Å². The second-order valence-electron chi connectivity index (χ2n) is 1.71. The molecule has 48 valence electrons. The van der Waals surface area contributed by atoms with Crippen LogP contribution in [0.2, 0.25) is 0 Å². The molecule has 0 radical (unpaired) electrons. The standard InChI is InChI=1S/C5H7N3O/c1-3-4(6)7-2-8-5(3)9/h2H,1H3,(H3,6,7,8,9). The molecule has 9 heavy (non-hydrogen) atoms. The summed E-state index contributed by atoms with van der Waals surface area (Å²) in [6.45, 7) is 1.66. The van der Waals surface area contributed by atoms with Gasteiger partial charge in [0.05, 0.1) is 5.56 Å². The zero-order valence-electron chi connectivity index (χ0n) is 5.00. The SMILES string of the molecule is Cc1c(N)ncnc1O. The van der Waals surface area contributed by atoms with Crippen molar-refractivity contribution in [2.75, 3.05) is 5.73 Å². The zero-order chi connectivity index (χ0) is 6.85. The van der Waals surface area contributed by atoms with Crippen LogP contribution in [-0.2, 0) is 0 Å². The highest BCUT2D eigenvalue weighted by molar-refractivity contribution is 5.42. The second-order valence-corrected chi connectivity index (χ2v) is 1.71. The molecule has 0 spiro atoms. The van der Waals surface area contributed by atoms with E-state index < -0.39 is 0 Å². The van der Waals surface area contributed by atoms with Crippen molar-refractivity contribution in [3.8, 4) is 5.88 Å². The fourth-order valence-electron chi connectivity index (χ4n) is 0.454. The number of hydrogen-bond acceptors (Lipinski definition) is 4. The monoisotopic (exact) mass is 125 g/mol. The van der Waals surface area contributed by atoms with E-state index in [0.29, 0.717) is 11.4 Å². The lowest BCUT2D eigenvalue weighted by Gasteiger charge is -1.96. The van der Waals surface area contributed by atoms with Gasteiger partial charge in [-0.3, -0.25) is 0 Å². The van der Waals surface area contributed by atoms with Crippen LogP contribution in [0.5, 0.6) is 5.88 Å². The molecule has 1 rings (SSSR count). The van der Waals surface area contributed by atoms with Crippen molar-refractivity contribution < 1.29 is 5.11 Å². The number of rotatable bonds is 0.